The standard InChI is InChI=1S/C16H18FN3O3/c1-20-10-11(9-18-20)2-7-15(21)19-14(8-16(22)23)12-3-5-13(17)6-4-12/h3-6,9-10,14H,2,7-8H2,1H3,(H,19,21)(H,22,23). The zero-order chi connectivity index (χ0) is 16.8. The molecule has 0 saturated heterocycles. The second-order valence-electron chi connectivity index (χ2n) is 5.29. The fourth-order valence-electron chi connectivity index (χ4n) is 2.25. The Kier molecular flexibility index (Phi) is 5.46. The third-order valence-electron chi connectivity index (χ3n) is 3.39. The molecule has 0 aliphatic rings. The van der Waals surface area contributed by atoms with Crippen LogP contribution in [0.5, 0.6) is 0 Å². The summed E-state index contributed by atoms with van der Waals surface area (Å²) in [6.45, 7) is 0. The van der Waals surface area contributed by atoms with E-state index in [4.69, 9.17) is 5.11 Å². The second-order valence-corrected chi connectivity index (χ2v) is 5.29. The smallest absolute Gasteiger partial charge is 0.305 e. The molecule has 0 fully saturated rings. The number of nitrogens with zero attached hydrogens (tertiary/aromatic N) is 2. The van der Waals surface area contributed by atoms with Crippen molar-refractivity contribution < 1.29 is 19.1 Å². The van der Waals surface area contributed by atoms with E-state index in [0.29, 0.717) is 12.0 Å². The summed E-state index contributed by atoms with van der Waals surface area (Å²) in [6, 6.07) is 4.75. The first-order valence-electron chi connectivity index (χ1n) is 7.18. The molecule has 2 rings (SSSR count). The lowest BCUT2D eigenvalue weighted by atomic mass is 10.0. The van der Waals surface area contributed by atoms with Crippen molar-refractivity contribution in [1.82, 2.24) is 15.1 Å². The van der Waals surface area contributed by atoms with Gasteiger partial charge in [0.05, 0.1) is 18.7 Å². The number of aliphatic carboxylic acids is 1. The Morgan fingerprint density at radius 3 is 2.61 bits per heavy atom. The largest absolute Gasteiger partial charge is 0.481 e. The lowest BCUT2D eigenvalue weighted by molar-refractivity contribution is -0.137. The number of amides is 1. The topological polar surface area (TPSA) is 84.2 Å². The molecule has 1 aromatic carbocycles. The van der Waals surface area contributed by atoms with Gasteiger partial charge in [0.25, 0.3) is 0 Å². The van der Waals surface area contributed by atoms with Crippen molar-refractivity contribution in [2.45, 2.75) is 25.3 Å². The van der Waals surface area contributed by atoms with Crippen LogP contribution in [-0.4, -0.2) is 26.8 Å². The third-order valence-corrected chi connectivity index (χ3v) is 3.39. The second kappa shape index (κ2) is 7.53. The van der Waals surface area contributed by atoms with Crippen molar-refractivity contribution in [3.63, 3.8) is 0 Å². The Hall–Kier alpha value is -2.70. The van der Waals surface area contributed by atoms with Crippen LogP contribution in [0.2, 0.25) is 0 Å². The zero-order valence-electron chi connectivity index (χ0n) is 12.7. The Bertz CT molecular complexity index is 682. The van der Waals surface area contributed by atoms with Crippen molar-refractivity contribution in [2.75, 3.05) is 0 Å². The van der Waals surface area contributed by atoms with Crippen LogP contribution in [0.3, 0.4) is 0 Å². The van der Waals surface area contributed by atoms with Gasteiger partial charge in [0.2, 0.25) is 5.91 Å². The molecule has 1 unspecified atom stereocenters. The summed E-state index contributed by atoms with van der Waals surface area (Å²) in [4.78, 5) is 23.0. The predicted octanol–water partition coefficient (Wildman–Crippen LogP) is 1.82. The Morgan fingerprint density at radius 2 is 2.04 bits per heavy atom. The zero-order valence-corrected chi connectivity index (χ0v) is 12.7. The summed E-state index contributed by atoms with van der Waals surface area (Å²) in [5.74, 6) is -1.71. The van der Waals surface area contributed by atoms with E-state index in [1.807, 2.05) is 6.20 Å². The van der Waals surface area contributed by atoms with Crippen LogP contribution in [0.15, 0.2) is 36.7 Å². The van der Waals surface area contributed by atoms with Crippen molar-refractivity contribution in [1.29, 1.82) is 0 Å². The molecule has 2 aromatic rings. The number of hydrogen-bond acceptors (Lipinski definition) is 3. The molecule has 122 valence electrons. The van der Waals surface area contributed by atoms with Gasteiger partial charge in [-0.1, -0.05) is 12.1 Å². The van der Waals surface area contributed by atoms with Crippen LogP contribution in [0.25, 0.3) is 0 Å². The molecule has 7 heteroatoms. The summed E-state index contributed by atoms with van der Waals surface area (Å²) < 4.78 is 14.6. The number of carbonyl (C=O) groups excluding carboxylic acids is 1. The maximum absolute atomic E-state index is 13.0. The van der Waals surface area contributed by atoms with Gasteiger partial charge in [-0.25, -0.2) is 4.39 Å². The quantitative estimate of drug-likeness (QED) is 0.815. The summed E-state index contributed by atoms with van der Waals surface area (Å²) >= 11 is 0. The minimum absolute atomic E-state index is 0.225. The van der Waals surface area contributed by atoms with Gasteiger partial charge in [0.15, 0.2) is 0 Å². The number of aryl methyl sites for hydroxylation is 2. The van der Waals surface area contributed by atoms with E-state index < -0.39 is 17.8 Å². The van der Waals surface area contributed by atoms with Gasteiger partial charge < -0.3 is 10.4 Å². The molecule has 23 heavy (non-hydrogen) atoms. The first-order valence-corrected chi connectivity index (χ1v) is 7.18. The van der Waals surface area contributed by atoms with Crippen LogP contribution in [0, 0.1) is 5.82 Å². The monoisotopic (exact) mass is 319 g/mol. The van der Waals surface area contributed by atoms with E-state index in [1.54, 1.807) is 17.9 Å². The normalized spacial score (nSPS) is 11.9. The fourth-order valence-corrected chi connectivity index (χ4v) is 2.25. The van der Waals surface area contributed by atoms with E-state index in [1.165, 1.54) is 24.3 Å². The van der Waals surface area contributed by atoms with E-state index >= 15 is 0 Å². The number of rotatable bonds is 7. The molecule has 1 amide bonds. The van der Waals surface area contributed by atoms with Gasteiger partial charge in [-0.3, -0.25) is 14.3 Å². The van der Waals surface area contributed by atoms with Crippen LogP contribution < -0.4 is 5.32 Å². The number of carboxylic acids is 1. The molecule has 1 atom stereocenters. The maximum Gasteiger partial charge on any atom is 0.305 e. The van der Waals surface area contributed by atoms with E-state index in [2.05, 4.69) is 10.4 Å². The minimum atomic E-state index is -1.04. The number of aromatic nitrogens is 2. The van der Waals surface area contributed by atoms with E-state index in [0.717, 1.165) is 5.56 Å². The average Bonchev–Trinajstić information content (AvgIpc) is 2.90. The average molecular weight is 319 g/mol. The SMILES string of the molecule is Cn1cc(CCC(=O)NC(CC(=O)O)c2ccc(F)cc2)cn1. The highest BCUT2D eigenvalue weighted by Crippen LogP contribution is 2.18. The van der Waals surface area contributed by atoms with Crippen LogP contribution in [0.4, 0.5) is 4.39 Å². The van der Waals surface area contributed by atoms with Gasteiger partial charge in [-0.05, 0) is 29.7 Å². The highest BCUT2D eigenvalue weighted by molar-refractivity contribution is 5.78. The number of carbonyl (C=O) groups is 2. The Morgan fingerprint density at radius 1 is 1.35 bits per heavy atom. The summed E-state index contributed by atoms with van der Waals surface area (Å²) in [5, 5.41) is 15.7. The molecule has 0 spiro atoms. The van der Waals surface area contributed by atoms with Crippen LogP contribution >= 0.6 is 0 Å². The van der Waals surface area contributed by atoms with Crippen LogP contribution in [0.1, 0.15) is 30.0 Å². The summed E-state index contributed by atoms with van der Waals surface area (Å²) in [7, 11) is 1.79. The van der Waals surface area contributed by atoms with Crippen LogP contribution in [-0.2, 0) is 23.1 Å². The molecule has 1 aromatic heterocycles. The number of carboxylic acid groups (broad SMARTS) is 1. The molecule has 2 N–H and O–H groups in total. The van der Waals surface area contributed by atoms with Gasteiger partial charge in [-0.15, -0.1) is 0 Å². The molecule has 0 radical (unpaired) electrons. The van der Waals surface area contributed by atoms with Crippen molar-refractivity contribution in [3.05, 3.63) is 53.6 Å². The minimum Gasteiger partial charge on any atom is -0.481 e. The number of nitrogens with one attached hydrogen (secondary N) is 1. The molecule has 0 bridgehead atoms. The maximum atomic E-state index is 13.0. The summed E-state index contributed by atoms with van der Waals surface area (Å²) in [6.07, 6.45) is 3.99. The highest BCUT2D eigenvalue weighted by Gasteiger charge is 2.18. The molecule has 0 aliphatic carbocycles. The van der Waals surface area contributed by atoms with E-state index in [9.17, 15) is 14.0 Å². The summed E-state index contributed by atoms with van der Waals surface area (Å²) in [5.41, 5.74) is 1.49. The van der Waals surface area contributed by atoms with Gasteiger partial charge in [-0.2, -0.15) is 5.10 Å². The van der Waals surface area contributed by atoms with Crippen molar-refractivity contribution >= 4 is 11.9 Å². The first kappa shape index (κ1) is 16.7. The Labute approximate surface area is 132 Å². The fraction of sp³-hybridized carbons (Fsp3) is 0.312. The molecular weight excluding hydrogens is 301 g/mol. The predicted molar refractivity (Wildman–Crippen MR) is 81.1 cm³/mol. The van der Waals surface area contributed by atoms with Gasteiger partial charge in [0.1, 0.15) is 5.82 Å². The van der Waals surface area contributed by atoms with Crippen molar-refractivity contribution in [2.24, 2.45) is 7.05 Å². The molecule has 0 saturated carbocycles. The number of halogens is 1. The first-order chi connectivity index (χ1) is 10.9. The van der Waals surface area contributed by atoms with Crippen molar-refractivity contribution in [3.8, 4) is 0 Å². The molecule has 6 nitrogen and oxygen atoms in total. The van der Waals surface area contributed by atoms with Gasteiger partial charge in [0, 0.05) is 19.7 Å². The molecule has 0 aliphatic heterocycles. The highest BCUT2D eigenvalue weighted by atomic mass is 19.1. The molecular formula is C16H18FN3O3. The number of benzene rings is 1. The lowest BCUT2D eigenvalue weighted by Crippen LogP contribution is -2.30. The number of hydrogen-bond donors (Lipinski definition) is 2. The Balaban J connectivity index is 1.97. The lowest BCUT2D eigenvalue weighted by Gasteiger charge is -2.17. The molecule has 1 heterocycles. The van der Waals surface area contributed by atoms with Gasteiger partial charge >= 0.3 is 5.97 Å². The van der Waals surface area contributed by atoms with E-state index in [-0.39, 0.29) is 18.7 Å². The third kappa shape index (κ3) is 5.21.